The summed E-state index contributed by atoms with van der Waals surface area (Å²) in [7, 11) is 0. The van der Waals surface area contributed by atoms with Crippen LogP contribution in [0.5, 0.6) is 0 Å². The van der Waals surface area contributed by atoms with E-state index in [2.05, 4.69) is 40.7 Å². The Balaban J connectivity index is 1.69. The summed E-state index contributed by atoms with van der Waals surface area (Å²) in [6, 6.07) is 0. The van der Waals surface area contributed by atoms with Gasteiger partial charge in [0, 0.05) is 0 Å². The van der Waals surface area contributed by atoms with Gasteiger partial charge in [0.2, 0.25) is 0 Å². The van der Waals surface area contributed by atoms with Crippen molar-refractivity contribution < 1.29 is 0 Å². The number of rotatable bonds is 1. The van der Waals surface area contributed by atoms with Crippen LogP contribution in [0.15, 0.2) is 22.8 Å². The number of hydrogen-bond donors (Lipinski definition) is 0. The third kappa shape index (κ3) is 1.76. The Labute approximate surface area is 137 Å². The minimum Gasteiger partial charge on any atom is -0.0842 e. The molecule has 122 valence electrons. The third-order valence-electron chi connectivity index (χ3n) is 8.48. The van der Waals surface area contributed by atoms with E-state index in [0.717, 1.165) is 23.7 Å². The molecule has 2 fully saturated rings. The van der Waals surface area contributed by atoms with Gasteiger partial charge in [-0.3, -0.25) is 0 Å². The summed E-state index contributed by atoms with van der Waals surface area (Å²) in [5.41, 5.74) is 6.59. The summed E-state index contributed by atoms with van der Waals surface area (Å²) < 4.78 is 0. The second kappa shape index (κ2) is 4.74. The van der Waals surface area contributed by atoms with Crippen molar-refractivity contribution in [2.45, 2.75) is 79.6 Å². The molecule has 0 heteroatoms. The van der Waals surface area contributed by atoms with E-state index in [1.807, 2.05) is 11.1 Å². The maximum atomic E-state index is 2.70. The molecule has 0 radical (unpaired) electrons. The van der Waals surface area contributed by atoms with E-state index < -0.39 is 0 Å². The van der Waals surface area contributed by atoms with E-state index in [4.69, 9.17) is 0 Å². The van der Waals surface area contributed by atoms with Gasteiger partial charge in [0.05, 0.1) is 0 Å². The van der Waals surface area contributed by atoms with Crippen LogP contribution < -0.4 is 0 Å². The lowest BCUT2D eigenvalue weighted by Crippen LogP contribution is -2.46. The molecule has 4 aliphatic carbocycles. The van der Waals surface area contributed by atoms with Gasteiger partial charge < -0.3 is 0 Å². The zero-order valence-corrected chi connectivity index (χ0v) is 15.3. The maximum absolute atomic E-state index is 2.70. The smallest absolute Gasteiger partial charge is 0.00768 e. The van der Waals surface area contributed by atoms with E-state index in [-0.39, 0.29) is 0 Å². The Hall–Kier alpha value is -0.520. The molecule has 0 aliphatic heterocycles. The fourth-order valence-corrected chi connectivity index (χ4v) is 7.31. The first kappa shape index (κ1) is 15.0. The predicted octanol–water partition coefficient (Wildman–Crippen LogP) is 6.53. The average Bonchev–Trinajstić information content (AvgIpc) is 2.96. The summed E-state index contributed by atoms with van der Waals surface area (Å²) in [4.78, 5) is 0. The Morgan fingerprint density at radius 3 is 2.55 bits per heavy atom. The van der Waals surface area contributed by atoms with Gasteiger partial charge in [0.1, 0.15) is 0 Å². The van der Waals surface area contributed by atoms with Crippen molar-refractivity contribution in [1.29, 1.82) is 0 Å². The standard InChI is InChI=1S/C22H34/c1-14(2)17-8-9-19-16-6-7-18-15(3)10-12-22(18,5)20(16)11-13-21(17,19)4/h9,14,16-17,20H,6-8,10-13H2,1-5H3/t16-,17+,20-,21+,22-/m0/s1. The van der Waals surface area contributed by atoms with Gasteiger partial charge in [0.15, 0.2) is 0 Å². The fraction of sp³-hybridized carbons (Fsp3) is 0.818. The number of fused-ring (bicyclic) bond motifs is 5. The van der Waals surface area contributed by atoms with E-state index in [0.29, 0.717) is 10.8 Å². The molecular weight excluding hydrogens is 264 g/mol. The molecule has 0 aromatic heterocycles. The van der Waals surface area contributed by atoms with Crippen molar-refractivity contribution in [2.24, 2.45) is 34.5 Å². The molecule has 22 heavy (non-hydrogen) atoms. The minimum atomic E-state index is 0.528. The van der Waals surface area contributed by atoms with Crippen LogP contribution in [0.3, 0.4) is 0 Å². The average molecular weight is 299 g/mol. The van der Waals surface area contributed by atoms with E-state index in [9.17, 15) is 0 Å². The van der Waals surface area contributed by atoms with Gasteiger partial charge >= 0.3 is 0 Å². The fourth-order valence-electron chi connectivity index (χ4n) is 7.31. The maximum Gasteiger partial charge on any atom is -0.00768 e. The number of allylic oxidation sites excluding steroid dienone is 4. The Morgan fingerprint density at radius 2 is 1.82 bits per heavy atom. The summed E-state index contributed by atoms with van der Waals surface area (Å²) in [5, 5.41) is 0. The molecule has 0 saturated heterocycles. The van der Waals surface area contributed by atoms with Crippen LogP contribution in [-0.2, 0) is 0 Å². The second-order valence-corrected chi connectivity index (χ2v) is 9.63. The molecule has 0 amide bonds. The van der Waals surface area contributed by atoms with Gasteiger partial charge in [-0.25, -0.2) is 0 Å². The normalized spacial score (nSPS) is 47.4. The Morgan fingerprint density at radius 1 is 1.05 bits per heavy atom. The largest absolute Gasteiger partial charge is 0.0842 e. The van der Waals surface area contributed by atoms with Gasteiger partial charge in [-0.05, 0) is 86.4 Å². The first-order chi connectivity index (χ1) is 10.4. The van der Waals surface area contributed by atoms with Gasteiger partial charge in [0.25, 0.3) is 0 Å². The topological polar surface area (TPSA) is 0 Å². The molecule has 0 aromatic carbocycles. The Kier molecular flexibility index (Phi) is 3.24. The summed E-state index contributed by atoms with van der Waals surface area (Å²) in [5.74, 6) is 3.58. The molecule has 0 aromatic rings. The van der Waals surface area contributed by atoms with Crippen LogP contribution in [0.25, 0.3) is 0 Å². The molecule has 2 saturated carbocycles. The van der Waals surface area contributed by atoms with Crippen molar-refractivity contribution >= 4 is 0 Å². The highest BCUT2D eigenvalue weighted by Gasteiger charge is 2.56. The van der Waals surface area contributed by atoms with Crippen LogP contribution in [0.1, 0.15) is 79.6 Å². The molecule has 0 spiro atoms. The Bertz CT molecular complexity index is 548. The quantitative estimate of drug-likeness (QED) is 0.483. The first-order valence-electron chi connectivity index (χ1n) is 9.77. The van der Waals surface area contributed by atoms with Crippen molar-refractivity contribution in [3.63, 3.8) is 0 Å². The molecule has 0 N–H and O–H groups in total. The SMILES string of the molecule is CC1=C2CC[C@H]3C4=CC[C@H](C(C)C)[C@@]4(C)CC[C@@H]3[C@@]2(C)CC1. The number of hydrogen-bond acceptors (Lipinski definition) is 0. The molecule has 0 bridgehead atoms. The first-order valence-corrected chi connectivity index (χ1v) is 9.77. The van der Waals surface area contributed by atoms with Crippen LogP contribution >= 0.6 is 0 Å². The zero-order chi connectivity index (χ0) is 15.7. The molecule has 0 unspecified atom stereocenters. The molecule has 0 nitrogen and oxygen atoms in total. The van der Waals surface area contributed by atoms with Crippen molar-refractivity contribution in [3.05, 3.63) is 22.8 Å². The van der Waals surface area contributed by atoms with Crippen molar-refractivity contribution in [1.82, 2.24) is 0 Å². The van der Waals surface area contributed by atoms with Crippen LogP contribution in [0, 0.1) is 34.5 Å². The van der Waals surface area contributed by atoms with Crippen LogP contribution in [-0.4, -0.2) is 0 Å². The van der Waals surface area contributed by atoms with Crippen LogP contribution in [0.2, 0.25) is 0 Å². The van der Waals surface area contributed by atoms with E-state index >= 15 is 0 Å². The minimum absolute atomic E-state index is 0.528. The van der Waals surface area contributed by atoms with Crippen molar-refractivity contribution in [3.8, 4) is 0 Å². The van der Waals surface area contributed by atoms with E-state index in [1.54, 1.807) is 5.57 Å². The summed E-state index contributed by atoms with van der Waals surface area (Å²) in [6.45, 7) is 12.5. The van der Waals surface area contributed by atoms with Crippen molar-refractivity contribution in [2.75, 3.05) is 0 Å². The monoisotopic (exact) mass is 298 g/mol. The van der Waals surface area contributed by atoms with Crippen LogP contribution in [0.4, 0.5) is 0 Å². The third-order valence-corrected chi connectivity index (χ3v) is 8.48. The molecule has 5 atom stereocenters. The van der Waals surface area contributed by atoms with Gasteiger partial charge in [-0.1, -0.05) is 50.5 Å². The van der Waals surface area contributed by atoms with Gasteiger partial charge in [-0.2, -0.15) is 0 Å². The second-order valence-electron chi connectivity index (χ2n) is 9.63. The highest BCUT2D eigenvalue weighted by molar-refractivity contribution is 5.36. The molecule has 0 heterocycles. The molecule has 4 rings (SSSR count). The lowest BCUT2D eigenvalue weighted by Gasteiger charge is -2.55. The zero-order valence-electron chi connectivity index (χ0n) is 15.3. The highest BCUT2D eigenvalue weighted by Crippen LogP contribution is 2.66. The molecular formula is C22H34. The van der Waals surface area contributed by atoms with Gasteiger partial charge in [-0.15, -0.1) is 0 Å². The molecule has 4 aliphatic rings. The highest BCUT2D eigenvalue weighted by atomic mass is 14.6. The lowest BCUT2D eigenvalue weighted by molar-refractivity contribution is 0.0404. The lowest BCUT2D eigenvalue weighted by atomic mass is 9.49. The summed E-state index contributed by atoms with van der Waals surface area (Å²) in [6.07, 6.45) is 12.6. The predicted molar refractivity (Wildman–Crippen MR) is 94.6 cm³/mol. The van der Waals surface area contributed by atoms with E-state index in [1.165, 1.54) is 44.9 Å². The summed E-state index contributed by atoms with van der Waals surface area (Å²) >= 11 is 0.